The maximum atomic E-state index is 10.2. The van der Waals surface area contributed by atoms with Crippen molar-refractivity contribution in [3.8, 4) is 0 Å². The molecule has 4 N–H and O–H groups in total. The Labute approximate surface area is 59.3 Å². The molecular formula is C6H11N3O. The predicted octanol–water partition coefficient (Wildman–Crippen LogP) is -0.761. The molecule has 0 spiro atoms. The monoisotopic (exact) mass is 141 g/mol. The van der Waals surface area contributed by atoms with Crippen molar-refractivity contribution in [2.45, 2.75) is 12.8 Å². The topological polar surface area (TPSA) is 81.5 Å². The van der Waals surface area contributed by atoms with Gasteiger partial charge in [0, 0.05) is 5.92 Å². The van der Waals surface area contributed by atoms with E-state index in [2.05, 4.69) is 4.99 Å². The fraction of sp³-hybridized carbons (Fsp3) is 0.667. The summed E-state index contributed by atoms with van der Waals surface area (Å²) in [4.78, 5) is 14.0. The second kappa shape index (κ2) is 2.68. The van der Waals surface area contributed by atoms with Crippen LogP contribution in [0.3, 0.4) is 0 Å². The van der Waals surface area contributed by atoms with Crippen molar-refractivity contribution in [1.29, 1.82) is 0 Å². The molecule has 1 saturated carbocycles. The quantitative estimate of drug-likeness (QED) is 0.400. The minimum atomic E-state index is -0.427. The number of hydrogen-bond acceptors (Lipinski definition) is 2. The van der Waals surface area contributed by atoms with Crippen molar-refractivity contribution in [2.24, 2.45) is 22.4 Å². The molecule has 1 aliphatic carbocycles. The Bertz CT molecular complexity index is 172. The Balaban J connectivity index is 2.30. The van der Waals surface area contributed by atoms with E-state index in [1.54, 1.807) is 0 Å². The summed E-state index contributed by atoms with van der Waals surface area (Å²) in [7, 11) is 0. The molecule has 0 radical (unpaired) electrons. The molecule has 1 aliphatic rings. The number of primary amides is 1. The van der Waals surface area contributed by atoms with Gasteiger partial charge in [-0.1, -0.05) is 0 Å². The lowest BCUT2D eigenvalue weighted by molar-refractivity contribution is -0.116. The van der Waals surface area contributed by atoms with E-state index in [4.69, 9.17) is 11.5 Å². The van der Waals surface area contributed by atoms with E-state index < -0.39 is 5.91 Å². The number of hydrogen-bond donors (Lipinski definition) is 2. The smallest absolute Gasteiger partial charge is 0.239 e. The highest BCUT2D eigenvalue weighted by molar-refractivity contribution is 5.87. The van der Waals surface area contributed by atoms with Crippen molar-refractivity contribution >= 4 is 11.7 Å². The number of nitrogens with zero attached hydrogens (tertiary/aromatic N) is 1. The lowest BCUT2D eigenvalue weighted by Crippen LogP contribution is -2.20. The van der Waals surface area contributed by atoms with Gasteiger partial charge >= 0.3 is 0 Å². The molecule has 0 aromatic rings. The van der Waals surface area contributed by atoms with Crippen molar-refractivity contribution in [1.82, 2.24) is 0 Å². The molecule has 0 aromatic heterocycles. The van der Waals surface area contributed by atoms with Gasteiger partial charge in [-0.2, -0.15) is 0 Å². The highest BCUT2D eigenvalue weighted by Crippen LogP contribution is 2.28. The van der Waals surface area contributed by atoms with Crippen LogP contribution in [0, 0.1) is 5.92 Å². The van der Waals surface area contributed by atoms with E-state index in [1.807, 2.05) is 0 Å². The molecule has 0 aromatic carbocycles. The molecule has 56 valence electrons. The summed E-state index contributed by atoms with van der Waals surface area (Å²) in [5, 5.41) is 0. The van der Waals surface area contributed by atoms with Crippen molar-refractivity contribution in [2.75, 3.05) is 6.54 Å². The van der Waals surface area contributed by atoms with Crippen LogP contribution in [0.25, 0.3) is 0 Å². The minimum absolute atomic E-state index is 0.0301. The van der Waals surface area contributed by atoms with Gasteiger partial charge in [-0.3, -0.25) is 9.79 Å². The van der Waals surface area contributed by atoms with Gasteiger partial charge in [0.15, 0.2) is 0 Å². The Hall–Kier alpha value is -1.06. The number of carbonyl (C=O) groups excluding carboxylic acids is 1. The lowest BCUT2D eigenvalue weighted by Gasteiger charge is -1.93. The van der Waals surface area contributed by atoms with E-state index in [1.165, 1.54) is 0 Å². The second-order valence-electron chi connectivity index (χ2n) is 2.48. The van der Waals surface area contributed by atoms with E-state index in [-0.39, 0.29) is 6.54 Å². The first-order valence-corrected chi connectivity index (χ1v) is 3.28. The fourth-order valence-corrected chi connectivity index (χ4v) is 0.677. The zero-order chi connectivity index (χ0) is 7.56. The van der Waals surface area contributed by atoms with Crippen LogP contribution in [-0.4, -0.2) is 18.3 Å². The summed E-state index contributed by atoms with van der Waals surface area (Å²) in [5.41, 5.74) is 10.3. The fourth-order valence-electron chi connectivity index (χ4n) is 0.677. The van der Waals surface area contributed by atoms with Crippen LogP contribution in [0.5, 0.6) is 0 Å². The van der Waals surface area contributed by atoms with Crippen molar-refractivity contribution in [3.63, 3.8) is 0 Å². The number of aliphatic imine (C=N–C) groups is 1. The van der Waals surface area contributed by atoms with Gasteiger partial charge in [-0.25, -0.2) is 0 Å². The highest BCUT2D eigenvalue weighted by Gasteiger charge is 2.25. The van der Waals surface area contributed by atoms with Crippen LogP contribution >= 0.6 is 0 Å². The van der Waals surface area contributed by atoms with Crippen LogP contribution in [0.1, 0.15) is 12.8 Å². The molecule has 1 rings (SSSR count). The highest BCUT2D eigenvalue weighted by atomic mass is 16.1. The molecule has 0 unspecified atom stereocenters. The average Bonchev–Trinajstić information content (AvgIpc) is 2.63. The van der Waals surface area contributed by atoms with Crippen LogP contribution in [0.15, 0.2) is 4.99 Å². The second-order valence-corrected chi connectivity index (χ2v) is 2.48. The maximum Gasteiger partial charge on any atom is 0.239 e. The third-order valence-electron chi connectivity index (χ3n) is 1.41. The van der Waals surface area contributed by atoms with Crippen LogP contribution in [0.4, 0.5) is 0 Å². The number of amidine groups is 1. The summed E-state index contributed by atoms with van der Waals surface area (Å²) in [6, 6.07) is 0. The Kier molecular flexibility index (Phi) is 1.89. The standard InChI is InChI=1S/C6H11N3O/c7-5(10)3-9-6(8)4-1-2-4/h4H,1-3H2,(H2,7,10)(H2,8,9). The Morgan fingerprint density at radius 2 is 2.10 bits per heavy atom. The summed E-state index contributed by atoms with van der Waals surface area (Å²) in [5.74, 6) is 0.585. The van der Waals surface area contributed by atoms with Crippen LogP contribution in [0.2, 0.25) is 0 Å². The first-order chi connectivity index (χ1) is 4.70. The van der Waals surface area contributed by atoms with Crippen molar-refractivity contribution < 1.29 is 4.79 Å². The lowest BCUT2D eigenvalue weighted by atomic mass is 10.4. The summed E-state index contributed by atoms with van der Waals surface area (Å²) in [6.07, 6.45) is 2.21. The zero-order valence-electron chi connectivity index (χ0n) is 5.71. The molecule has 1 amide bonds. The summed E-state index contributed by atoms with van der Waals surface area (Å²) in [6.45, 7) is 0.0301. The average molecular weight is 141 g/mol. The largest absolute Gasteiger partial charge is 0.387 e. The first kappa shape index (κ1) is 7.05. The minimum Gasteiger partial charge on any atom is -0.387 e. The predicted molar refractivity (Wildman–Crippen MR) is 38.4 cm³/mol. The van der Waals surface area contributed by atoms with Gasteiger partial charge in [0.2, 0.25) is 5.91 Å². The number of carbonyl (C=O) groups is 1. The summed E-state index contributed by atoms with van der Waals surface area (Å²) >= 11 is 0. The van der Waals surface area contributed by atoms with Gasteiger partial charge in [0.25, 0.3) is 0 Å². The van der Waals surface area contributed by atoms with E-state index in [9.17, 15) is 4.79 Å². The van der Waals surface area contributed by atoms with E-state index in [0.29, 0.717) is 11.8 Å². The number of nitrogens with two attached hydrogens (primary N) is 2. The van der Waals surface area contributed by atoms with Gasteiger partial charge in [-0.05, 0) is 12.8 Å². The molecule has 0 heterocycles. The molecular weight excluding hydrogens is 130 g/mol. The van der Waals surface area contributed by atoms with E-state index in [0.717, 1.165) is 12.8 Å². The first-order valence-electron chi connectivity index (χ1n) is 3.28. The Morgan fingerprint density at radius 1 is 1.50 bits per heavy atom. The van der Waals surface area contributed by atoms with Gasteiger partial charge in [-0.15, -0.1) is 0 Å². The molecule has 10 heavy (non-hydrogen) atoms. The van der Waals surface area contributed by atoms with Crippen molar-refractivity contribution in [3.05, 3.63) is 0 Å². The molecule has 0 bridgehead atoms. The van der Waals surface area contributed by atoms with Gasteiger partial charge < -0.3 is 11.5 Å². The molecule has 0 aliphatic heterocycles. The molecule has 1 fully saturated rings. The van der Waals surface area contributed by atoms with Gasteiger partial charge in [0.1, 0.15) is 6.54 Å². The molecule has 4 heteroatoms. The normalized spacial score (nSPS) is 19.0. The summed E-state index contributed by atoms with van der Waals surface area (Å²) < 4.78 is 0. The maximum absolute atomic E-state index is 10.2. The zero-order valence-corrected chi connectivity index (χ0v) is 5.71. The number of rotatable bonds is 3. The molecule has 0 atom stereocenters. The van der Waals surface area contributed by atoms with E-state index >= 15 is 0 Å². The SMILES string of the molecule is NC(=O)CN=C(N)C1CC1. The van der Waals surface area contributed by atoms with Crippen LogP contribution in [-0.2, 0) is 4.79 Å². The molecule has 0 saturated heterocycles. The van der Waals surface area contributed by atoms with Gasteiger partial charge in [0.05, 0.1) is 5.84 Å². The third kappa shape index (κ3) is 2.05. The third-order valence-corrected chi connectivity index (χ3v) is 1.41. The Morgan fingerprint density at radius 3 is 2.50 bits per heavy atom. The van der Waals surface area contributed by atoms with Crippen LogP contribution < -0.4 is 11.5 Å². The number of amides is 1. The molecule has 4 nitrogen and oxygen atoms in total.